The van der Waals surface area contributed by atoms with Crippen molar-refractivity contribution in [3.05, 3.63) is 107 Å². The van der Waals surface area contributed by atoms with Crippen LogP contribution in [0.2, 0.25) is 0 Å². The van der Waals surface area contributed by atoms with Crippen molar-refractivity contribution < 1.29 is 17.9 Å². The van der Waals surface area contributed by atoms with Gasteiger partial charge in [0.1, 0.15) is 0 Å². The van der Waals surface area contributed by atoms with Crippen LogP contribution in [0.3, 0.4) is 0 Å². The quantitative estimate of drug-likeness (QED) is 0.0376. The largest absolute Gasteiger partial charge is 0.331 e. The molecule has 2 aliphatic rings. The first-order chi connectivity index (χ1) is 31.6. The zero-order valence-corrected chi connectivity index (χ0v) is 45.8. The highest BCUT2D eigenvalue weighted by Gasteiger charge is 2.44. The molecule has 0 aromatic heterocycles. The third-order valence-electron chi connectivity index (χ3n) is 15.8. The summed E-state index contributed by atoms with van der Waals surface area (Å²) in [6.45, 7) is 7.35. The number of unbranched alkanes of at least 4 members (excludes halogenated alkanes) is 12. The van der Waals surface area contributed by atoms with Crippen molar-refractivity contribution >= 4 is 0 Å². The first kappa shape index (κ1) is 53.1. The van der Waals surface area contributed by atoms with Crippen molar-refractivity contribution in [1.29, 1.82) is 0 Å². The van der Waals surface area contributed by atoms with Crippen LogP contribution in [-0.2, 0) is 10.8 Å². The summed E-state index contributed by atoms with van der Waals surface area (Å²) in [6.07, 6.45) is 26.0. The summed E-state index contributed by atoms with van der Waals surface area (Å²) >= 11 is 0. The van der Waals surface area contributed by atoms with Crippen molar-refractivity contribution in [2.45, 2.75) is 146 Å². The minimum Gasteiger partial charge on any atom is -0.331 e. The molecule has 0 N–H and O–H groups in total. The van der Waals surface area contributed by atoms with Gasteiger partial charge in [-0.2, -0.15) is 0 Å². The lowest BCUT2D eigenvalue weighted by Crippen LogP contribution is -2.35. The Morgan fingerprint density at radius 2 is 0.597 bits per heavy atom. The molecular weight excluding hydrogens is 813 g/mol. The molecule has 2 aliphatic carbocycles. The molecule has 4 aromatic rings. The van der Waals surface area contributed by atoms with E-state index in [4.69, 9.17) is 0 Å². The topological polar surface area (TPSA) is 0 Å². The average Bonchev–Trinajstić information content (AvgIpc) is 3.67. The molecule has 368 valence electrons. The highest BCUT2D eigenvalue weighted by molar-refractivity contribution is 5.87. The number of quaternary nitrogens is 4. The first-order valence-corrected chi connectivity index (χ1v) is 27.3. The molecule has 0 bridgehead atoms. The van der Waals surface area contributed by atoms with Crippen LogP contribution in [0, 0.1) is 6.92 Å². The SMILES string of the molecule is Cc1ccc2c(c1)C(CCCCCC[N+](C)(C)C)(CCCCCC[N+](C)(C)C)c1cc(-c3ccc4c(c3)C(CCCCCC[N+](C)(C)C)(CCCCCC[N+](C)(C)C)c3ccccc3-4)ccc1-2. The van der Waals surface area contributed by atoms with E-state index in [1.807, 2.05) is 0 Å². The van der Waals surface area contributed by atoms with Crippen molar-refractivity contribution in [3.8, 4) is 33.4 Å². The molecule has 4 nitrogen and oxygen atoms in total. The third-order valence-corrected chi connectivity index (χ3v) is 15.8. The molecule has 4 aromatic carbocycles. The fourth-order valence-corrected chi connectivity index (χ4v) is 12.2. The second-order valence-corrected chi connectivity index (χ2v) is 26.0. The Kier molecular flexibility index (Phi) is 17.9. The van der Waals surface area contributed by atoms with E-state index in [-0.39, 0.29) is 10.8 Å². The van der Waals surface area contributed by atoms with E-state index in [1.165, 1.54) is 194 Å². The van der Waals surface area contributed by atoms with Gasteiger partial charge in [-0.25, -0.2) is 0 Å². The van der Waals surface area contributed by atoms with Crippen LogP contribution >= 0.6 is 0 Å². The fraction of sp³-hybridized carbons (Fsp3) is 0.619. The summed E-state index contributed by atoms with van der Waals surface area (Å²) in [6, 6.07) is 32.4. The van der Waals surface area contributed by atoms with Gasteiger partial charge in [-0.3, -0.25) is 0 Å². The zero-order valence-electron chi connectivity index (χ0n) is 45.8. The molecule has 0 fully saturated rings. The van der Waals surface area contributed by atoms with Gasteiger partial charge in [-0.1, -0.05) is 124 Å². The zero-order chi connectivity index (χ0) is 48.5. The number of aryl methyl sites for hydroxylation is 1. The molecule has 0 heterocycles. The van der Waals surface area contributed by atoms with Gasteiger partial charge in [0.15, 0.2) is 0 Å². The smallest absolute Gasteiger partial charge is 0.0780 e. The molecule has 0 atom stereocenters. The highest BCUT2D eigenvalue weighted by atomic mass is 15.3. The molecule has 6 rings (SSSR count). The normalized spacial score (nSPS) is 15.1. The van der Waals surface area contributed by atoms with E-state index in [2.05, 4.69) is 170 Å². The van der Waals surface area contributed by atoms with Gasteiger partial charge in [0, 0.05) is 10.8 Å². The molecular formula is C63H100N4+4. The summed E-state index contributed by atoms with van der Waals surface area (Å²) in [7, 11) is 28.1. The summed E-state index contributed by atoms with van der Waals surface area (Å²) in [5, 5.41) is 0. The van der Waals surface area contributed by atoms with Gasteiger partial charge < -0.3 is 17.9 Å². The Labute approximate surface area is 413 Å². The maximum atomic E-state index is 2.70. The Hall–Kier alpha value is -3.28. The Morgan fingerprint density at radius 3 is 0.970 bits per heavy atom. The van der Waals surface area contributed by atoms with Gasteiger partial charge in [-0.15, -0.1) is 0 Å². The van der Waals surface area contributed by atoms with Crippen LogP contribution in [0.25, 0.3) is 33.4 Å². The van der Waals surface area contributed by atoms with Crippen molar-refractivity contribution in [3.63, 3.8) is 0 Å². The molecule has 0 saturated heterocycles. The van der Waals surface area contributed by atoms with Crippen LogP contribution < -0.4 is 0 Å². The second kappa shape index (κ2) is 22.6. The van der Waals surface area contributed by atoms with Crippen LogP contribution in [0.5, 0.6) is 0 Å². The lowest BCUT2D eigenvalue weighted by Gasteiger charge is -2.34. The van der Waals surface area contributed by atoms with Gasteiger partial charge in [0.2, 0.25) is 0 Å². The van der Waals surface area contributed by atoms with E-state index < -0.39 is 0 Å². The van der Waals surface area contributed by atoms with Gasteiger partial charge in [0.25, 0.3) is 0 Å². The Balaban J connectivity index is 1.36. The number of nitrogens with zero attached hydrogens (tertiary/aromatic N) is 4. The van der Waals surface area contributed by atoms with Crippen LogP contribution in [-0.4, -0.2) is 129 Å². The van der Waals surface area contributed by atoms with Crippen molar-refractivity contribution in [2.24, 2.45) is 0 Å². The van der Waals surface area contributed by atoms with Crippen LogP contribution in [0.1, 0.15) is 156 Å². The minimum absolute atomic E-state index is 0.0569. The molecule has 0 spiro atoms. The molecule has 0 saturated carbocycles. The monoisotopic (exact) mass is 913 g/mol. The standard InChI is InChI=1S/C63H100N4/c1-51-34-37-55-57-39-36-53(50-61(57)63(59(55)48-51,42-26-16-20-30-46-66(8,9)10)43-27-17-21-31-47-67(11,12)13)52-35-38-56-54-32-22-23-33-58(54)62(60(56)49-52,40-24-14-18-28-44-64(2,3)4)41-25-15-19-29-45-65(5,6)7/h22-23,32-39,48-50H,14-21,24-31,40-47H2,1-13H3/q+4. The van der Waals surface area contributed by atoms with Gasteiger partial charge >= 0.3 is 0 Å². The molecule has 0 aliphatic heterocycles. The summed E-state index contributed by atoms with van der Waals surface area (Å²) in [5.74, 6) is 0. The number of rotatable bonds is 29. The summed E-state index contributed by atoms with van der Waals surface area (Å²) < 4.78 is 4.24. The van der Waals surface area contributed by atoms with Crippen LogP contribution in [0.4, 0.5) is 0 Å². The number of fused-ring (bicyclic) bond motifs is 6. The van der Waals surface area contributed by atoms with Gasteiger partial charge in [-0.05, 0) is 152 Å². The maximum Gasteiger partial charge on any atom is 0.0780 e. The van der Waals surface area contributed by atoms with E-state index in [0.29, 0.717) is 0 Å². The summed E-state index contributed by atoms with van der Waals surface area (Å²) in [5.41, 5.74) is 16.7. The van der Waals surface area contributed by atoms with Crippen molar-refractivity contribution in [2.75, 3.05) is 111 Å². The van der Waals surface area contributed by atoms with Gasteiger partial charge in [0.05, 0.1) is 111 Å². The summed E-state index contributed by atoms with van der Waals surface area (Å²) in [4.78, 5) is 0. The first-order valence-electron chi connectivity index (χ1n) is 27.3. The Morgan fingerprint density at radius 1 is 0.299 bits per heavy atom. The number of hydrogen-bond acceptors (Lipinski definition) is 0. The maximum absolute atomic E-state index is 2.70. The minimum atomic E-state index is 0.0569. The van der Waals surface area contributed by atoms with Crippen LogP contribution in [0.15, 0.2) is 78.9 Å². The molecule has 4 heteroatoms. The second-order valence-electron chi connectivity index (χ2n) is 26.0. The third kappa shape index (κ3) is 14.4. The van der Waals surface area contributed by atoms with E-state index >= 15 is 0 Å². The van der Waals surface area contributed by atoms with E-state index in [0.717, 1.165) is 17.9 Å². The Bertz CT molecular complexity index is 2130. The highest BCUT2D eigenvalue weighted by Crippen LogP contribution is 2.57. The van der Waals surface area contributed by atoms with E-state index in [9.17, 15) is 0 Å². The molecule has 67 heavy (non-hydrogen) atoms. The predicted octanol–water partition coefficient (Wildman–Crippen LogP) is 14.8. The lowest BCUT2D eigenvalue weighted by molar-refractivity contribution is -0.870. The molecule has 0 unspecified atom stereocenters. The number of benzene rings is 4. The fourth-order valence-electron chi connectivity index (χ4n) is 12.2. The van der Waals surface area contributed by atoms with E-state index in [1.54, 1.807) is 22.3 Å². The average molecular weight is 914 g/mol. The van der Waals surface area contributed by atoms with Crippen molar-refractivity contribution in [1.82, 2.24) is 0 Å². The predicted molar refractivity (Wildman–Crippen MR) is 293 cm³/mol. The molecule has 0 amide bonds. The molecule has 0 radical (unpaired) electrons. The lowest BCUT2D eigenvalue weighted by atomic mass is 9.69. The number of hydrogen-bond donors (Lipinski definition) is 0.